The molecule has 0 aliphatic rings. The molecule has 0 aromatic heterocycles. The number of rotatable bonds is 5. The van der Waals surface area contributed by atoms with E-state index in [1.807, 2.05) is 0 Å². The fourth-order valence-electron chi connectivity index (χ4n) is 0.849. The lowest BCUT2D eigenvalue weighted by atomic mass is 10.0. The zero-order valence-corrected chi connectivity index (χ0v) is 9.63. The summed E-state index contributed by atoms with van der Waals surface area (Å²) in [4.78, 5) is 27.8. The van der Waals surface area contributed by atoms with Crippen molar-refractivity contribution in [3.05, 3.63) is 0 Å². The van der Waals surface area contributed by atoms with Gasteiger partial charge in [-0.25, -0.2) is 0 Å². The largest absolute Gasteiger partial charge is 0.480 e. The number of carbonyl (C=O) groups is 1. The minimum absolute atomic E-state index is 0.673. The Morgan fingerprint density at radius 2 is 2.00 bits per heavy atom. The number of hydrogen-bond donors (Lipinski definition) is 5. The quantitative estimate of drug-likeness (QED) is 0.340. The Morgan fingerprint density at radius 1 is 1.57 bits per heavy atom. The van der Waals surface area contributed by atoms with Crippen LogP contribution in [0.15, 0.2) is 0 Å². The van der Waals surface area contributed by atoms with Gasteiger partial charge in [-0.1, -0.05) is 0 Å². The second-order valence-corrected chi connectivity index (χ2v) is 6.25. The second-order valence-electron chi connectivity index (χ2n) is 3.45. The SMILES string of the molecule is CC(C)(S)C(NCP(=O)(O)O)C(=O)O. The predicted octanol–water partition coefficient (Wildman–Crippen LogP) is -0.127. The lowest BCUT2D eigenvalue weighted by Gasteiger charge is -2.26. The third kappa shape index (κ3) is 5.62. The van der Waals surface area contributed by atoms with Gasteiger partial charge in [0.25, 0.3) is 0 Å². The van der Waals surface area contributed by atoms with Gasteiger partial charge >= 0.3 is 13.6 Å². The first-order chi connectivity index (χ1) is 6.04. The molecule has 1 atom stereocenters. The fourth-order valence-corrected chi connectivity index (χ4v) is 1.47. The molecular weight excluding hydrogens is 229 g/mol. The lowest BCUT2D eigenvalue weighted by molar-refractivity contribution is -0.140. The summed E-state index contributed by atoms with van der Waals surface area (Å²) < 4.78 is 9.60. The molecule has 0 aliphatic carbocycles. The van der Waals surface area contributed by atoms with E-state index in [2.05, 4.69) is 17.9 Å². The highest BCUT2D eigenvalue weighted by Gasteiger charge is 2.33. The minimum Gasteiger partial charge on any atom is -0.480 e. The van der Waals surface area contributed by atoms with Crippen LogP contribution in [0.4, 0.5) is 0 Å². The van der Waals surface area contributed by atoms with Gasteiger partial charge in [0.05, 0.1) is 6.29 Å². The van der Waals surface area contributed by atoms with Crippen LogP contribution < -0.4 is 5.32 Å². The van der Waals surface area contributed by atoms with Crippen LogP contribution in [0.5, 0.6) is 0 Å². The van der Waals surface area contributed by atoms with E-state index in [9.17, 15) is 9.36 Å². The topological polar surface area (TPSA) is 107 Å². The molecule has 0 aliphatic heterocycles. The average molecular weight is 243 g/mol. The van der Waals surface area contributed by atoms with Gasteiger partial charge < -0.3 is 14.9 Å². The summed E-state index contributed by atoms with van der Waals surface area (Å²) in [5.74, 6) is -1.20. The van der Waals surface area contributed by atoms with Crippen molar-refractivity contribution < 1.29 is 24.3 Å². The highest BCUT2D eigenvalue weighted by atomic mass is 32.1. The van der Waals surface area contributed by atoms with Gasteiger partial charge in [0, 0.05) is 4.75 Å². The van der Waals surface area contributed by atoms with E-state index in [1.165, 1.54) is 0 Å². The molecule has 0 saturated carbocycles. The summed E-state index contributed by atoms with van der Waals surface area (Å²) >= 11 is 4.02. The Hall–Kier alpha value is -0.0700. The zero-order valence-electron chi connectivity index (χ0n) is 7.84. The van der Waals surface area contributed by atoms with E-state index >= 15 is 0 Å². The van der Waals surface area contributed by atoms with Crippen molar-refractivity contribution >= 4 is 26.2 Å². The number of nitrogens with one attached hydrogen (secondary N) is 1. The van der Waals surface area contributed by atoms with E-state index in [4.69, 9.17) is 14.9 Å². The van der Waals surface area contributed by atoms with Gasteiger partial charge in [0.2, 0.25) is 0 Å². The number of thiol groups is 1. The molecular formula is C6H14NO5PS. The smallest absolute Gasteiger partial charge is 0.339 e. The van der Waals surface area contributed by atoms with E-state index < -0.39 is 30.6 Å². The summed E-state index contributed by atoms with van der Waals surface area (Å²) in [6, 6.07) is -1.11. The monoisotopic (exact) mass is 243 g/mol. The molecule has 4 N–H and O–H groups in total. The van der Waals surface area contributed by atoms with Crippen molar-refractivity contribution in [1.29, 1.82) is 0 Å². The van der Waals surface area contributed by atoms with Gasteiger partial charge in [0.1, 0.15) is 6.04 Å². The van der Waals surface area contributed by atoms with Gasteiger partial charge in [-0.2, -0.15) is 12.6 Å². The van der Waals surface area contributed by atoms with Crippen molar-refractivity contribution in [3.63, 3.8) is 0 Å². The Bertz CT molecular complexity index is 257. The Kier molecular flexibility index (Phi) is 4.61. The molecule has 14 heavy (non-hydrogen) atoms. The van der Waals surface area contributed by atoms with Crippen LogP contribution in [-0.4, -0.2) is 37.9 Å². The van der Waals surface area contributed by atoms with Gasteiger partial charge in [-0.15, -0.1) is 0 Å². The summed E-state index contributed by atoms with van der Waals surface area (Å²) in [6.07, 6.45) is -0.673. The third-order valence-corrected chi connectivity index (χ3v) is 2.31. The minimum atomic E-state index is -4.24. The summed E-state index contributed by atoms with van der Waals surface area (Å²) in [6.45, 7) is 3.09. The van der Waals surface area contributed by atoms with Crippen LogP contribution in [-0.2, 0) is 9.36 Å². The Morgan fingerprint density at radius 3 is 2.21 bits per heavy atom. The maximum atomic E-state index is 10.7. The standard InChI is InChI=1S/C6H14NO5PS/c1-6(2,14)4(5(8)9)7-3-13(10,11)12/h4,7,14H,3H2,1-2H3,(H,8,9)(H2,10,11,12). The van der Waals surface area contributed by atoms with Crippen LogP contribution >= 0.6 is 20.2 Å². The van der Waals surface area contributed by atoms with E-state index in [0.29, 0.717) is 0 Å². The molecule has 0 spiro atoms. The molecule has 0 fully saturated rings. The van der Waals surface area contributed by atoms with Gasteiger partial charge in [0.15, 0.2) is 0 Å². The first-order valence-corrected chi connectivity index (χ1v) is 6.01. The average Bonchev–Trinajstić information content (AvgIpc) is 1.79. The zero-order chi connectivity index (χ0) is 11.6. The summed E-state index contributed by atoms with van der Waals surface area (Å²) in [7, 11) is -4.24. The Labute approximate surface area is 87.3 Å². The van der Waals surface area contributed by atoms with Crippen molar-refractivity contribution in [2.75, 3.05) is 6.29 Å². The van der Waals surface area contributed by atoms with Crippen LogP contribution in [0.3, 0.4) is 0 Å². The van der Waals surface area contributed by atoms with Crippen LogP contribution in [0.1, 0.15) is 13.8 Å². The summed E-state index contributed by atoms with van der Waals surface area (Å²) in [5.41, 5.74) is 0. The molecule has 0 amide bonds. The number of carboxylic acids is 1. The van der Waals surface area contributed by atoms with E-state index in [1.54, 1.807) is 13.8 Å². The van der Waals surface area contributed by atoms with Gasteiger partial charge in [-0.05, 0) is 13.8 Å². The molecule has 0 bridgehead atoms. The van der Waals surface area contributed by atoms with Crippen molar-refractivity contribution in [3.8, 4) is 0 Å². The number of aliphatic carboxylic acids is 1. The van der Waals surface area contributed by atoms with Crippen molar-refractivity contribution in [2.24, 2.45) is 0 Å². The van der Waals surface area contributed by atoms with Crippen molar-refractivity contribution in [1.82, 2.24) is 5.32 Å². The maximum absolute atomic E-state index is 10.7. The molecule has 0 radical (unpaired) electrons. The van der Waals surface area contributed by atoms with Crippen LogP contribution in [0.2, 0.25) is 0 Å². The molecule has 1 unspecified atom stereocenters. The van der Waals surface area contributed by atoms with Crippen molar-refractivity contribution in [2.45, 2.75) is 24.6 Å². The van der Waals surface area contributed by atoms with Crippen LogP contribution in [0.25, 0.3) is 0 Å². The Balaban J connectivity index is 4.42. The van der Waals surface area contributed by atoms with Crippen LogP contribution in [0, 0.1) is 0 Å². The molecule has 6 nitrogen and oxygen atoms in total. The molecule has 84 valence electrons. The number of carboxylic acid groups (broad SMARTS) is 1. The molecule has 0 aromatic carbocycles. The summed E-state index contributed by atoms with van der Waals surface area (Å²) in [5, 5.41) is 11.0. The van der Waals surface area contributed by atoms with Gasteiger partial charge in [-0.3, -0.25) is 14.7 Å². The molecule has 0 heterocycles. The first-order valence-electron chi connectivity index (χ1n) is 3.77. The van der Waals surface area contributed by atoms with E-state index in [0.717, 1.165) is 0 Å². The molecule has 0 aromatic rings. The molecule has 8 heteroatoms. The normalized spacial score (nSPS) is 15.2. The number of hydrogen-bond acceptors (Lipinski definition) is 4. The lowest BCUT2D eigenvalue weighted by Crippen LogP contribution is -2.49. The highest BCUT2D eigenvalue weighted by molar-refractivity contribution is 7.81. The molecule has 0 saturated heterocycles. The first kappa shape index (κ1) is 13.9. The third-order valence-electron chi connectivity index (χ3n) is 1.45. The highest BCUT2D eigenvalue weighted by Crippen LogP contribution is 2.33. The van der Waals surface area contributed by atoms with E-state index in [-0.39, 0.29) is 0 Å². The molecule has 0 rings (SSSR count). The second kappa shape index (κ2) is 4.63. The predicted molar refractivity (Wildman–Crippen MR) is 54.5 cm³/mol. The maximum Gasteiger partial charge on any atom is 0.339 e. The fraction of sp³-hybridized carbons (Fsp3) is 0.833.